The van der Waals surface area contributed by atoms with Crippen LogP contribution in [0.5, 0.6) is 5.75 Å². The number of aromatic hydroxyl groups is 1. The van der Waals surface area contributed by atoms with Crippen molar-refractivity contribution in [3.05, 3.63) is 35.9 Å². The largest absolute Gasteiger partial charge is 0.506 e. The Kier molecular flexibility index (Phi) is 2.83. The van der Waals surface area contributed by atoms with Gasteiger partial charge in [0.15, 0.2) is 11.1 Å². The summed E-state index contributed by atoms with van der Waals surface area (Å²) >= 11 is -2.31. The highest BCUT2D eigenvalue weighted by Gasteiger charge is 2.18. The van der Waals surface area contributed by atoms with Crippen LogP contribution in [-0.2, 0) is 11.1 Å². The molecule has 0 saturated carbocycles. The molecule has 5 nitrogen and oxygen atoms in total. The minimum Gasteiger partial charge on any atom is -0.506 e. The lowest BCUT2D eigenvalue weighted by Crippen LogP contribution is -2.01. The van der Waals surface area contributed by atoms with Gasteiger partial charge in [-0.15, -0.1) is 0 Å². The molecule has 0 spiro atoms. The summed E-state index contributed by atoms with van der Waals surface area (Å²) in [6, 6.07) is 7.30. The van der Waals surface area contributed by atoms with Crippen LogP contribution in [0.25, 0.3) is 10.8 Å². The van der Waals surface area contributed by atoms with E-state index in [4.69, 9.17) is 9.66 Å². The summed E-state index contributed by atoms with van der Waals surface area (Å²) in [4.78, 5) is 10.9. The molecule has 0 aromatic heterocycles. The van der Waals surface area contributed by atoms with Crippen molar-refractivity contribution in [1.82, 2.24) is 0 Å². The molecular weight excluding hydrogens is 244 g/mol. The molecule has 0 amide bonds. The number of hydrogen-bond donors (Lipinski definition) is 3. The molecule has 2 rings (SSSR count). The molecular formula is C11H8O5S. The van der Waals surface area contributed by atoms with E-state index in [9.17, 15) is 14.1 Å². The van der Waals surface area contributed by atoms with Crippen molar-refractivity contribution in [1.29, 1.82) is 0 Å². The van der Waals surface area contributed by atoms with Gasteiger partial charge in [-0.1, -0.05) is 24.3 Å². The Hall–Kier alpha value is -1.92. The monoisotopic (exact) mass is 252 g/mol. The third-order valence-electron chi connectivity index (χ3n) is 2.40. The Morgan fingerprint density at radius 2 is 1.76 bits per heavy atom. The number of phenols is 1. The van der Waals surface area contributed by atoms with E-state index in [1.54, 1.807) is 18.2 Å². The SMILES string of the molecule is O=C(O)c1cc(S(=O)O)c2ccccc2c1O. The molecule has 0 aliphatic rings. The predicted octanol–water partition coefficient (Wildman–Crippen LogP) is 1.82. The van der Waals surface area contributed by atoms with Gasteiger partial charge in [-0.05, 0) is 6.07 Å². The molecule has 0 heterocycles. The number of carbonyl (C=O) groups is 1. The normalized spacial score (nSPS) is 12.5. The van der Waals surface area contributed by atoms with Gasteiger partial charge in [0, 0.05) is 10.8 Å². The second-order valence-corrected chi connectivity index (χ2v) is 4.31. The molecule has 0 aliphatic carbocycles. The van der Waals surface area contributed by atoms with Gasteiger partial charge in [0.2, 0.25) is 0 Å². The quantitative estimate of drug-likeness (QED) is 0.709. The average molecular weight is 252 g/mol. The van der Waals surface area contributed by atoms with Gasteiger partial charge < -0.3 is 14.8 Å². The summed E-state index contributed by atoms with van der Waals surface area (Å²) in [5.74, 6) is -1.75. The summed E-state index contributed by atoms with van der Waals surface area (Å²) < 4.78 is 20.3. The van der Waals surface area contributed by atoms with E-state index >= 15 is 0 Å². The Balaban J connectivity index is 2.94. The van der Waals surface area contributed by atoms with Crippen molar-refractivity contribution >= 4 is 27.8 Å². The molecule has 0 aliphatic heterocycles. The molecule has 1 atom stereocenters. The number of aromatic carboxylic acids is 1. The fraction of sp³-hybridized carbons (Fsp3) is 0. The Morgan fingerprint density at radius 3 is 2.29 bits per heavy atom. The summed E-state index contributed by atoms with van der Waals surface area (Å²) in [5.41, 5.74) is -0.388. The molecule has 0 radical (unpaired) electrons. The first kappa shape index (κ1) is 11.6. The van der Waals surface area contributed by atoms with E-state index in [0.717, 1.165) is 6.07 Å². The maximum absolute atomic E-state index is 11.1. The maximum atomic E-state index is 11.1. The highest BCUT2D eigenvalue weighted by molar-refractivity contribution is 7.79. The van der Waals surface area contributed by atoms with Crippen LogP contribution in [0, 0.1) is 0 Å². The Labute approximate surface area is 98.6 Å². The number of rotatable bonds is 2. The lowest BCUT2D eigenvalue weighted by molar-refractivity contribution is 0.0694. The van der Waals surface area contributed by atoms with Crippen LogP contribution < -0.4 is 0 Å². The van der Waals surface area contributed by atoms with Crippen molar-refractivity contribution in [3.8, 4) is 5.75 Å². The van der Waals surface area contributed by atoms with Crippen LogP contribution in [0.2, 0.25) is 0 Å². The zero-order valence-electron chi connectivity index (χ0n) is 8.45. The first-order chi connectivity index (χ1) is 8.02. The highest BCUT2D eigenvalue weighted by Crippen LogP contribution is 2.32. The molecule has 3 N–H and O–H groups in total. The van der Waals surface area contributed by atoms with Crippen LogP contribution in [0.4, 0.5) is 0 Å². The molecule has 2 aromatic carbocycles. The molecule has 0 fully saturated rings. The molecule has 1 unspecified atom stereocenters. The minimum absolute atomic E-state index is 0.0317. The van der Waals surface area contributed by atoms with E-state index < -0.39 is 22.8 Å². The third kappa shape index (κ3) is 1.88. The van der Waals surface area contributed by atoms with E-state index in [1.807, 2.05) is 0 Å². The van der Waals surface area contributed by atoms with Gasteiger partial charge in [-0.25, -0.2) is 9.00 Å². The molecule has 17 heavy (non-hydrogen) atoms. The second-order valence-electron chi connectivity index (χ2n) is 3.37. The second kappa shape index (κ2) is 4.15. The first-order valence-electron chi connectivity index (χ1n) is 4.61. The fourth-order valence-corrected chi connectivity index (χ4v) is 2.22. The van der Waals surface area contributed by atoms with Gasteiger partial charge in [0.25, 0.3) is 0 Å². The smallest absolute Gasteiger partial charge is 0.339 e. The zero-order chi connectivity index (χ0) is 12.6. The van der Waals surface area contributed by atoms with Gasteiger partial charge in [0.05, 0.1) is 4.90 Å². The van der Waals surface area contributed by atoms with Gasteiger partial charge in [0.1, 0.15) is 11.3 Å². The van der Waals surface area contributed by atoms with Crippen LogP contribution in [-0.4, -0.2) is 24.9 Å². The third-order valence-corrected chi connectivity index (χ3v) is 3.11. The highest BCUT2D eigenvalue weighted by atomic mass is 32.2. The van der Waals surface area contributed by atoms with Gasteiger partial charge in [-0.3, -0.25) is 0 Å². The van der Waals surface area contributed by atoms with E-state index in [2.05, 4.69) is 0 Å². The summed E-state index contributed by atoms with van der Waals surface area (Å²) in [6.07, 6.45) is 0. The Morgan fingerprint density at radius 1 is 1.18 bits per heavy atom. The lowest BCUT2D eigenvalue weighted by Gasteiger charge is -2.08. The van der Waals surface area contributed by atoms with Crippen molar-refractivity contribution < 1.29 is 23.8 Å². The molecule has 0 saturated heterocycles. The molecule has 6 heteroatoms. The van der Waals surface area contributed by atoms with Crippen molar-refractivity contribution in [2.24, 2.45) is 0 Å². The zero-order valence-corrected chi connectivity index (χ0v) is 9.27. The standard InChI is InChI=1S/C11H8O5S/c12-10-7-4-2-1-3-6(7)9(17(15)16)5-8(10)11(13)14/h1-5,12H,(H,13,14)(H,15,16). The van der Waals surface area contributed by atoms with Crippen LogP contribution in [0.1, 0.15) is 10.4 Å². The number of benzene rings is 2. The molecule has 0 bridgehead atoms. The number of hydrogen-bond acceptors (Lipinski definition) is 3. The fourth-order valence-electron chi connectivity index (χ4n) is 1.63. The van der Waals surface area contributed by atoms with E-state index in [0.29, 0.717) is 5.39 Å². The molecule has 88 valence electrons. The summed E-state index contributed by atoms with van der Waals surface area (Å²) in [6.45, 7) is 0. The number of carboxylic acid groups (broad SMARTS) is 1. The Bertz CT molecular complexity index is 635. The van der Waals surface area contributed by atoms with Gasteiger partial charge in [-0.2, -0.15) is 0 Å². The van der Waals surface area contributed by atoms with Crippen LogP contribution in [0.15, 0.2) is 35.2 Å². The van der Waals surface area contributed by atoms with Crippen molar-refractivity contribution in [2.75, 3.05) is 0 Å². The van der Waals surface area contributed by atoms with Crippen LogP contribution in [0.3, 0.4) is 0 Å². The first-order valence-corrected chi connectivity index (χ1v) is 5.72. The van der Waals surface area contributed by atoms with Crippen molar-refractivity contribution in [3.63, 3.8) is 0 Å². The van der Waals surface area contributed by atoms with Crippen LogP contribution >= 0.6 is 0 Å². The predicted molar refractivity (Wildman–Crippen MR) is 61.6 cm³/mol. The number of fused-ring (bicyclic) bond motifs is 1. The van der Waals surface area contributed by atoms with Crippen molar-refractivity contribution in [2.45, 2.75) is 4.90 Å². The lowest BCUT2D eigenvalue weighted by atomic mass is 10.1. The number of carboxylic acids is 1. The van der Waals surface area contributed by atoms with Gasteiger partial charge >= 0.3 is 5.97 Å². The molecule has 2 aromatic rings. The van der Waals surface area contributed by atoms with E-state index in [1.165, 1.54) is 6.07 Å². The summed E-state index contributed by atoms with van der Waals surface area (Å²) in [7, 11) is 0. The maximum Gasteiger partial charge on any atom is 0.339 e. The topological polar surface area (TPSA) is 94.8 Å². The van der Waals surface area contributed by atoms with E-state index in [-0.39, 0.29) is 15.8 Å². The average Bonchev–Trinajstić information content (AvgIpc) is 2.29. The minimum atomic E-state index is -2.31. The summed E-state index contributed by atoms with van der Waals surface area (Å²) in [5, 5.41) is 19.3.